The Hall–Kier alpha value is -4.93. The lowest BCUT2D eigenvalue weighted by Gasteiger charge is -2.41. The average Bonchev–Trinajstić information content (AvgIpc) is 3.10. The Morgan fingerprint density at radius 1 is 0.837 bits per heavy atom. The van der Waals surface area contributed by atoms with Crippen LogP contribution in [0.3, 0.4) is 0 Å². The Bertz CT molecular complexity index is 1710. The molecule has 256 valence electrons. The van der Waals surface area contributed by atoms with E-state index in [9.17, 15) is 14.4 Å². The second-order valence-corrected chi connectivity index (χ2v) is 13.0. The molecule has 0 radical (unpaired) electrons. The number of hydrogen-bond acceptors (Lipinski definition) is 7. The van der Waals surface area contributed by atoms with E-state index in [4.69, 9.17) is 0 Å². The molecule has 3 N–H and O–H groups in total. The number of rotatable bonds is 14. The van der Waals surface area contributed by atoms with Crippen molar-refractivity contribution in [3.8, 4) is 0 Å². The SMILES string of the molecule is CCc1ccc(NC(=O)CN(Cc2ccccc2CNC)C(=O)C2(C)CCN(Cc3ccncc3)CC2)cc1CC(=O)Nc1ccccn1. The molecular formula is C39H47N7O3. The zero-order valence-corrected chi connectivity index (χ0v) is 28.7. The van der Waals surface area contributed by atoms with Gasteiger partial charge in [0.1, 0.15) is 12.4 Å². The Labute approximate surface area is 289 Å². The van der Waals surface area contributed by atoms with Gasteiger partial charge in [-0.15, -0.1) is 0 Å². The molecule has 3 heterocycles. The van der Waals surface area contributed by atoms with Crippen LogP contribution in [-0.4, -0.2) is 64.2 Å². The van der Waals surface area contributed by atoms with Gasteiger partial charge in [0.15, 0.2) is 0 Å². The van der Waals surface area contributed by atoms with Gasteiger partial charge in [-0.2, -0.15) is 0 Å². The van der Waals surface area contributed by atoms with Crippen LogP contribution < -0.4 is 16.0 Å². The fraction of sp³-hybridized carbons (Fsp3) is 0.359. The molecule has 0 unspecified atom stereocenters. The number of piperidine rings is 1. The first-order valence-corrected chi connectivity index (χ1v) is 17.0. The molecule has 3 amide bonds. The van der Waals surface area contributed by atoms with E-state index in [-0.39, 0.29) is 30.7 Å². The lowest BCUT2D eigenvalue weighted by atomic mass is 9.78. The van der Waals surface area contributed by atoms with Crippen molar-refractivity contribution in [3.63, 3.8) is 0 Å². The maximum absolute atomic E-state index is 14.4. The Morgan fingerprint density at radius 2 is 1.57 bits per heavy atom. The third kappa shape index (κ3) is 9.81. The highest BCUT2D eigenvalue weighted by Gasteiger charge is 2.40. The zero-order valence-electron chi connectivity index (χ0n) is 28.7. The topological polar surface area (TPSA) is 120 Å². The van der Waals surface area contributed by atoms with Crippen molar-refractivity contribution < 1.29 is 14.4 Å². The summed E-state index contributed by atoms with van der Waals surface area (Å²) >= 11 is 0. The summed E-state index contributed by atoms with van der Waals surface area (Å²) in [5, 5.41) is 9.06. The summed E-state index contributed by atoms with van der Waals surface area (Å²) in [4.78, 5) is 53.3. The van der Waals surface area contributed by atoms with Gasteiger partial charge in [-0.3, -0.25) is 24.3 Å². The summed E-state index contributed by atoms with van der Waals surface area (Å²) in [6, 6.07) is 23.1. The summed E-state index contributed by atoms with van der Waals surface area (Å²) in [6.45, 7) is 7.37. The number of carbonyl (C=O) groups is 3. The molecule has 49 heavy (non-hydrogen) atoms. The Morgan fingerprint density at radius 3 is 2.27 bits per heavy atom. The van der Waals surface area contributed by atoms with Gasteiger partial charge in [0.2, 0.25) is 17.7 Å². The first-order valence-electron chi connectivity index (χ1n) is 17.0. The van der Waals surface area contributed by atoms with Crippen LogP contribution in [0.4, 0.5) is 11.5 Å². The van der Waals surface area contributed by atoms with E-state index >= 15 is 0 Å². The predicted molar refractivity (Wildman–Crippen MR) is 192 cm³/mol. The van der Waals surface area contributed by atoms with Crippen LogP contribution in [0.25, 0.3) is 0 Å². The highest BCUT2D eigenvalue weighted by molar-refractivity contribution is 5.96. The van der Waals surface area contributed by atoms with Gasteiger partial charge in [0, 0.05) is 49.3 Å². The number of amides is 3. The summed E-state index contributed by atoms with van der Waals surface area (Å²) < 4.78 is 0. The van der Waals surface area contributed by atoms with Gasteiger partial charge < -0.3 is 20.9 Å². The molecule has 0 atom stereocenters. The minimum Gasteiger partial charge on any atom is -0.329 e. The number of pyridine rings is 2. The van der Waals surface area contributed by atoms with Crippen molar-refractivity contribution in [3.05, 3.63) is 119 Å². The van der Waals surface area contributed by atoms with Crippen LogP contribution in [0, 0.1) is 5.41 Å². The maximum Gasteiger partial charge on any atom is 0.244 e. The van der Waals surface area contributed by atoms with Crippen molar-refractivity contribution >= 4 is 29.2 Å². The Balaban J connectivity index is 1.30. The number of hydrogen-bond donors (Lipinski definition) is 3. The second-order valence-electron chi connectivity index (χ2n) is 13.0. The lowest BCUT2D eigenvalue weighted by molar-refractivity contribution is -0.146. The van der Waals surface area contributed by atoms with Crippen molar-refractivity contribution in [2.75, 3.05) is 37.3 Å². The van der Waals surface area contributed by atoms with E-state index in [0.717, 1.165) is 48.3 Å². The van der Waals surface area contributed by atoms with Crippen LogP contribution in [0.5, 0.6) is 0 Å². The Kier molecular flexibility index (Phi) is 12.2. The maximum atomic E-state index is 14.4. The standard InChI is InChI=1S/C39H47N7O3/c1-4-30-12-13-34(23-33(30)24-36(47)44-35-11-7-8-18-42-35)43-37(48)28-46(27-32-10-6-5-9-31(32)25-40-3)38(49)39(2)16-21-45(22-17-39)26-29-14-19-41-20-15-29/h5-15,18-20,23,40H,4,16-17,21-22,24-28H2,1-3H3,(H,43,48)(H,42,44,47). The number of aromatic nitrogens is 2. The number of anilines is 2. The van der Waals surface area contributed by atoms with E-state index < -0.39 is 5.41 Å². The minimum atomic E-state index is -0.593. The monoisotopic (exact) mass is 661 g/mol. The number of nitrogens with zero attached hydrogens (tertiary/aromatic N) is 4. The highest BCUT2D eigenvalue weighted by Crippen LogP contribution is 2.34. The fourth-order valence-electron chi connectivity index (χ4n) is 6.41. The second kappa shape index (κ2) is 16.9. The molecule has 0 bridgehead atoms. The molecule has 1 aliphatic heterocycles. The zero-order chi connectivity index (χ0) is 34.6. The third-order valence-corrected chi connectivity index (χ3v) is 9.25. The molecule has 4 aromatic rings. The van der Waals surface area contributed by atoms with Gasteiger partial charge in [-0.25, -0.2) is 4.98 Å². The molecule has 2 aromatic heterocycles. The number of benzene rings is 2. The van der Waals surface area contributed by atoms with Gasteiger partial charge >= 0.3 is 0 Å². The normalized spacial score (nSPS) is 14.2. The number of carbonyl (C=O) groups excluding carboxylic acids is 3. The first kappa shape index (κ1) is 35.4. The first-order chi connectivity index (χ1) is 23.8. The van der Waals surface area contributed by atoms with Gasteiger partial charge in [0.25, 0.3) is 0 Å². The van der Waals surface area contributed by atoms with Crippen LogP contribution >= 0.6 is 0 Å². The van der Waals surface area contributed by atoms with Crippen molar-refractivity contribution in [2.45, 2.75) is 59.2 Å². The molecule has 0 saturated carbocycles. The lowest BCUT2D eigenvalue weighted by Crippen LogP contribution is -2.50. The van der Waals surface area contributed by atoms with E-state index in [0.29, 0.717) is 37.4 Å². The quantitative estimate of drug-likeness (QED) is 0.170. The van der Waals surface area contributed by atoms with Crippen LogP contribution in [0.2, 0.25) is 0 Å². The molecule has 1 fully saturated rings. The smallest absolute Gasteiger partial charge is 0.244 e. The van der Waals surface area contributed by atoms with E-state index in [1.54, 1.807) is 35.6 Å². The molecule has 10 nitrogen and oxygen atoms in total. The number of likely N-dealkylation sites (tertiary alicyclic amines) is 1. The molecule has 10 heteroatoms. The summed E-state index contributed by atoms with van der Waals surface area (Å²) in [6.07, 6.45) is 7.54. The van der Waals surface area contributed by atoms with Crippen molar-refractivity contribution in [2.24, 2.45) is 5.41 Å². The average molecular weight is 662 g/mol. The van der Waals surface area contributed by atoms with Crippen LogP contribution in [-0.2, 0) is 46.9 Å². The van der Waals surface area contributed by atoms with E-state index in [1.807, 2.05) is 75.5 Å². The highest BCUT2D eigenvalue weighted by atomic mass is 16.2. The van der Waals surface area contributed by atoms with Gasteiger partial charge in [-0.1, -0.05) is 50.2 Å². The van der Waals surface area contributed by atoms with Crippen molar-refractivity contribution in [1.29, 1.82) is 0 Å². The van der Waals surface area contributed by atoms with Crippen LogP contribution in [0.1, 0.15) is 54.5 Å². The van der Waals surface area contributed by atoms with Crippen molar-refractivity contribution in [1.82, 2.24) is 25.1 Å². The number of aryl methyl sites for hydroxylation is 1. The summed E-state index contributed by atoms with van der Waals surface area (Å²) in [7, 11) is 1.90. The van der Waals surface area contributed by atoms with E-state index in [2.05, 4.69) is 36.9 Å². The van der Waals surface area contributed by atoms with E-state index in [1.165, 1.54) is 5.56 Å². The molecular weight excluding hydrogens is 614 g/mol. The molecule has 1 saturated heterocycles. The van der Waals surface area contributed by atoms with Gasteiger partial charge in [-0.05, 0) is 104 Å². The minimum absolute atomic E-state index is 0.0151. The molecule has 5 rings (SSSR count). The molecule has 1 aliphatic rings. The largest absolute Gasteiger partial charge is 0.329 e. The summed E-state index contributed by atoms with van der Waals surface area (Å²) in [5.41, 5.74) is 5.14. The molecule has 2 aromatic carbocycles. The molecule has 0 aliphatic carbocycles. The van der Waals surface area contributed by atoms with Gasteiger partial charge in [0.05, 0.1) is 6.42 Å². The fourth-order valence-corrected chi connectivity index (χ4v) is 6.41. The summed E-state index contributed by atoms with van der Waals surface area (Å²) in [5.74, 6) is 0.00288. The van der Waals surface area contributed by atoms with Crippen LogP contribution in [0.15, 0.2) is 91.4 Å². The third-order valence-electron chi connectivity index (χ3n) is 9.25. The number of nitrogens with one attached hydrogen (secondary N) is 3. The molecule has 0 spiro atoms. The predicted octanol–water partition coefficient (Wildman–Crippen LogP) is 5.21.